The predicted octanol–water partition coefficient (Wildman–Crippen LogP) is 3.22. The van der Waals surface area contributed by atoms with Gasteiger partial charge in [-0.3, -0.25) is 9.78 Å². The van der Waals surface area contributed by atoms with E-state index in [0.717, 1.165) is 22.2 Å². The molecule has 1 aromatic heterocycles. The molecule has 0 atom stereocenters. The zero-order valence-corrected chi connectivity index (χ0v) is 11.5. The van der Waals surface area contributed by atoms with Gasteiger partial charge in [0.1, 0.15) is 5.75 Å². The third-order valence-electron chi connectivity index (χ3n) is 3.02. The van der Waals surface area contributed by atoms with E-state index in [1.165, 1.54) is 0 Å². The zero-order chi connectivity index (χ0) is 14.0. The summed E-state index contributed by atoms with van der Waals surface area (Å²) in [5.74, 6) is -0.148. The summed E-state index contributed by atoms with van der Waals surface area (Å²) in [7, 11) is 1.59. The Morgan fingerprint density at radius 2 is 2.21 bits per heavy atom. The molecule has 0 fully saturated rings. The Morgan fingerprint density at radius 1 is 1.47 bits per heavy atom. The van der Waals surface area contributed by atoms with Crippen LogP contribution in [-0.4, -0.2) is 23.2 Å². The first-order chi connectivity index (χ1) is 9.02. The third kappa shape index (κ3) is 2.79. The monoisotopic (exact) mass is 279 g/mol. The van der Waals surface area contributed by atoms with Gasteiger partial charge < -0.3 is 9.84 Å². The molecule has 0 bridgehead atoms. The lowest BCUT2D eigenvalue weighted by atomic mass is 10.0. The standard InChI is InChI=1S/C14H14ClNO3/c1-8-10(4-6-13(17)18)14(15)11-7-9(19-2)3-5-12(11)16-8/h3,5,7H,4,6H2,1-2H3,(H,17,18). The van der Waals surface area contributed by atoms with Crippen LogP contribution < -0.4 is 4.74 Å². The average Bonchev–Trinajstić information content (AvgIpc) is 2.38. The zero-order valence-electron chi connectivity index (χ0n) is 10.7. The van der Waals surface area contributed by atoms with Crippen LogP contribution in [0.25, 0.3) is 10.9 Å². The molecule has 0 aliphatic carbocycles. The summed E-state index contributed by atoms with van der Waals surface area (Å²) in [4.78, 5) is 15.1. The number of fused-ring (bicyclic) bond motifs is 1. The second kappa shape index (κ2) is 5.45. The SMILES string of the molecule is COc1ccc2nc(C)c(CCC(=O)O)c(Cl)c2c1. The number of carboxylic acids is 1. The van der Waals surface area contributed by atoms with Gasteiger partial charge in [0.15, 0.2) is 0 Å². The van der Waals surface area contributed by atoms with Gasteiger partial charge in [0, 0.05) is 17.5 Å². The summed E-state index contributed by atoms with van der Waals surface area (Å²) in [6, 6.07) is 5.48. The molecule has 1 aromatic carbocycles. The van der Waals surface area contributed by atoms with Crippen molar-refractivity contribution in [2.24, 2.45) is 0 Å². The summed E-state index contributed by atoms with van der Waals surface area (Å²) >= 11 is 6.37. The fourth-order valence-electron chi connectivity index (χ4n) is 2.01. The van der Waals surface area contributed by atoms with Crippen LogP contribution in [-0.2, 0) is 11.2 Å². The normalized spacial score (nSPS) is 10.7. The Hall–Kier alpha value is -1.81. The molecule has 1 N–H and O–H groups in total. The molecule has 1 heterocycles. The van der Waals surface area contributed by atoms with Crippen molar-refractivity contribution >= 4 is 28.5 Å². The maximum Gasteiger partial charge on any atom is 0.303 e. The van der Waals surface area contributed by atoms with Crippen molar-refractivity contribution in [3.63, 3.8) is 0 Å². The van der Waals surface area contributed by atoms with Crippen LogP contribution in [0.4, 0.5) is 0 Å². The second-order valence-corrected chi connectivity index (χ2v) is 4.64. The van der Waals surface area contributed by atoms with Crippen LogP contribution in [0.5, 0.6) is 5.75 Å². The Labute approximate surface area is 116 Å². The van der Waals surface area contributed by atoms with Crippen LogP contribution in [0.1, 0.15) is 17.7 Å². The van der Waals surface area contributed by atoms with Crippen molar-refractivity contribution < 1.29 is 14.6 Å². The summed E-state index contributed by atoms with van der Waals surface area (Å²) in [6.45, 7) is 1.84. The van der Waals surface area contributed by atoms with Gasteiger partial charge in [0.25, 0.3) is 0 Å². The van der Waals surface area contributed by atoms with Gasteiger partial charge in [-0.15, -0.1) is 0 Å². The minimum Gasteiger partial charge on any atom is -0.497 e. The minimum atomic E-state index is -0.846. The lowest BCUT2D eigenvalue weighted by molar-refractivity contribution is -0.136. The Morgan fingerprint density at radius 3 is 2.84 bits per heavy atom. The summed E-state index contributed by atoms with van der Waals surface area (Å²) in [5, 5.41) is 10.1. The average molecular weight is 280 g/mol. The molecule has 0 amide bonds. The number of rotatable bonds is 4. The number of methoxy groups -OCH3 is 1. The molecule has 0 aliphatic rings. The first-order valence-corrected chi connectivity index (χ1v) is 6.25. The van der Waals surface area contributed by atoms with Crippen molar-refractivity contribution in [1.29, 1.82) is 0 Å². The van der Waals surface area contributed by atoms with Crippen LogP contribution in [0.3, 0.4) is 0 Å². The molecule has 0 unspecified atom stereocenters. The number of carbonyl (C=O) groups is 1. The van der Waals surface area contributed by atoms with Gasteiger partial charge in [-0.1, -0.05) is 11.6 Å². The number of nitrogens with zero attached hydrogens (tertiary/aromatic N) is 1. The molecule has 2 rings (SSSR count). The van der Waals surface area contributed by atoms with Gasteiger partial charge in [0.2, 0.25) is 0 Å². The van der Waals surface area contributed by atoms with E-state index in [0.29, 0.717) is 17.2 Å². The number of carboxylic acid groups (broad SMARTS) is 1. The van der Waals surface area contributed by atoms with Gasteiger partial charge in [-0.25, -0.2) is 0 Å². The fraction of sp³-hybridized carbons (Fsp3) is 0.286. The molecule has 0 saturated heterocycles. The van der Waals surface area contributed by atoms with Crippen LogP contribution >= 0.6 is 11.6 Å². The van der Waals surface area contributed by atoms with Gasteiger partial charge in [0.05, 0.1) is 17.6 Å². The number of halogens is 1. The molecule has 0 radical (unpaired) electrons. The second-order valence-electron chi connectivity index (χ2n) is 4.27. The van der Waals surface area contributed by atoms with Gasteiger partial charge in [-0.05, 0) is 37.1 Å². The lowest BCUT2D eigenvalue weighted by Crippen LogP contribution is -2.02. The molecule has 5 heteroatoms. The highest BCUT2D eigenvalue weighted by Gasteiger charge is 2.13. The first-order valence-electron chi connectivity index (χ1n) is 5.87. The number of hydrogen-bond donors (Lipinski definition) is 1. The van der Waals surface area contributed by atoms with Crippen molar-refractivity contribution in [1.82, 2.24) is 4.98 Å². The van der Waals surface area contributed by atoms with Gasteiger partial charge in [-0.2, -0.15) is 0 Å². The van der Waals surface area contributed by atoms with E-state index in [1.807, 2.05) is 25.1 Å². The largest absolute Gasteiger partial charge is 0.497 e. The molecule has 2 aromatic rings. The van der Waals surface area contributed by atoms with E-state index < -0.39 is 5.97 Å². The Kier molecular flexibility index (Phi) is 3.90. The molecule has 19 heavy (non-hydrogen) atoms. The highest BCUT2D eigenvalue weighted by Crippen LogP contribution is 2.31. The summed E-state index contributed by atoms with van der Waals surface area (Å²) in [6.07, 6.45) is 0.415. The fourth-order valence-corrected chi connectivity index (χ4v) is 2.39. The number of hydrogen-bond acceptors (Lipinski definition) is 3. The summed E-state index contributed by atoms with van der Waals surface area (Å²) < 4.78 is 5.17. The maximum atomic E-state index is 10.7. The molecule has 0 saturated carbocycles. The molecular formula is C14H14ClNO3. The van der Waals surface area contributed by atoms with E-state index in [4.69, 9.17) is 21.4 Å². The quantitative estimate of drug-likeness (QED) is 0.933. The van der Waals surface area contributed by atoms with E-state index in [2.05, 4.69) is 4.98 Å². The Bertz CT molecular complexity index is 640. The highest BCUT2D eigenvalue weighted by molar-refractivity contribution is 6.36. The number of pyridine rings is 1. The number of aromatic nitrogens is 1. The number of aliphatic carboxylic acids is 1. The van der Waals surface area contributed by atoms with Crippen LogP contribution in [0.2, 0.25) is 5.02 Å². The van der Waals surface area contributed by atoms with Crippen LogP contribution in [0.15, 0.2) is 18.2 Å². The van der Waals surface area contributed by atoms with Crippen molar-refractivity contribution in [2.75, 3.05) is 7.11 Å². The Balaban J connectivity index is 2.54. The number of benzene rings is 1. The van der Waals surface area contributed by atoms with E-state index >= 15 is 0 Å². The first kappa shape index (κ1) is 13.6. The molecule has 0 aliphatic heterocycles. The molecule has 100 valence electrons. The smallest absolute Gasteiger partial charge is 0.303 e. The number of ether oxygens (including phenoxy) is 1. The van der Waals surface area contributed by atoms with Gasteiger partial charge >= 0.3 is 5.97 Å². The molecule has 0 spiro atoms. The summed E-state index contributed by atoms with van der Waals surface area (Å²) in [5.41, 5.74) is 2.33. The van der Waals surface area contributed by atoms with Crippen molar-refractivity contribution in [3.05, 3.63) is 34.5 Å². The van der Waals surface area contributed by atoms with Crippen molar-refractivity contribution in [3.8, 4) is 5.75 Å². The van der Waals surface area contributed by atoms with E-state index in [9.17, 15) is 4.79 Å². The highest BCUT2D eigenvalue weighted by atomic mass is 35.5. The predicted molar refractivity (Wildman–Crippen MR) is 74.0 cm³/mol. The van der Waals surface area contributed by atoms with E-state index in [1.54, 1.807) is 7.11 Å². The maximum absolute atomic E-state index is 10.7. The lowest BCUT2D eigenvalue weighted by Gasteiger charge is -2.11. The van der Waals surface area contributed by atoms with E-state index in [-0.39, 0.29) is 6.42 Å². The minimum absolute atomic E-state index is 0.0394. The van der Waals surface area contributed by atoms with Crippen molar-refractivity contribution in [2.45, 2.75) is 19.8 Å². The molecule has 4 nitrogen and oxygen atoms in total. The topological polar surface area (TPSA) is 59.4 Å². The molecular weight excluding hydrogens is 266 g/mol. The van der Waals surface area contributed by atoms with Crippen LogP contribution in [0, 0.1) is 6.92 Å². The third-order valence-corrected chi connectivity index (χ3v) is 3.45. The number of aryl methyl sites for hydroxylation is 1.